The van der Waals surface area contributed by atoms with Crippen molar-refractivity contribution in [2.24, 2.45) is 5.73 Å². The van der Waals surface area contributed by atoms with Crippen LogP contribution in [0.1, 0.15) is 19.3 Å². The Balaban J connectivity index is 3.01. The summed E-state index contributed by atoms with van der Waals surface area (Å²) < 4.78 is 16.8. The van der Waals surface area contributed by atoms with Crippen LogP contribution >= 0.6 is 0 Å². The molecule has 0 bridgehead atoms. The molecule has 0 aliphatic heterocycles. The Kier molecular flexibility index (Phi) is 15.7. The van der Waals surface area contributed by atoms with Crippen molar-refractivity contribution in [2.75, 3.05) is 80.3 Å². The zero-order chi connectivity index (χ0) is 24.5. The highest BCUT2D eigenvalue weighted by molar-refractivity contribution is 6.60. The minimum Gasteiger partial charge on any atom is -0.377 e. The van der Waals surface area contributed by atoms with E-state index in [1.165, 1.54) is 5.23 Å². The molecule has 0 aliphatic rings. The van der Waals surface area contributed by atoms with Gasteiger partial charge in [-0.15, -0.1) is 0 Å². The first kappa shape index (κ1) is 29.9. The first-order chi connectivity index (χ1) is 16.0. The quantitative estimate of drug-likeness (QED) is 0.217. The second-order valence-electron chi connectivity index (χ2n) is 7.50. The van der Waals surface area contributed by atoms with E-state index in [9.17, 15) is 0 Å². The van der Waals surface area contributed by atoms with Crippen LogP contribution in [0.3, 0.4) is 0 Å². The first-order valence-corrected chi connectivity index (χ1v) is 13.3. The van der Waals surface area contributed by atoms with Gasteiger partial charge in [-0.2, -0.15) is 5.06 Å². The van der Waals surface area contributed by atoms with Gasteiger partial charge in [-0.1, -0.05) is 23.4 Å². The summed E-state index contributed by atoms with van der Waals surface area (Å²) in [5.74, 6) is 0. The molecular formula is C22H44N4O6Si. The number of hydrogen-bond donors (Lipinski definition) is 1. The summed E-state index contributed by atoms with van der Waals surface area (Å²) in [5.41, 5.74) is 7.04. The molecule has 10 nitrogen and oxygen atoms in total. The van der Waals surface area contributed by atoms with Gasteiger partial charge in [-0.25, -0.2) is 0 Å². The van der Waals surface area contributed by atoms with Crippen LogP contribution < -0.4 is 10.6 Å². The van der Waals surface area contributed by atoms with Gasteiger partial charge in [0.1, 0.15) is 0 Å². The number of anilines is 1. The number of rotatable bonds is 20. The van der Waals surface area contributed by atoms with Crippen LogP contribution in [-0.2, 0) is 27.8 Å². The van der Waals surface area contributed by atoms with Gasteiger partial charge in [-0.05, 0) is 37.9 Å². The van der Waals surface area contributed by atoms with Crippen molar-refractivity contribution in [1.82, 2.24) is 10.3 Å². The summed E-state index contributed by atoms with van der Waals surface area (Å²) in [6, 6.07) is 11.3. The first-order valence-electron chi connectivity index (χ1n) is 11.3. The fourth-order valence-electron chi connectivity index (χ4n) is 3.81. The van der Waals surface area contributed by atoms with Gasteiger partial charge in [-0.3, -0.25) is 9.68 Å². The standard InChI is InChI=1S/C22H44N4O6Si/c1-27-24(17-18-26(28-2)29-3)20-22(14-10-15-23)25(21-12-8-7-9-13-21)16-11-19-33(30-4,31-5)32-6/h7-9,12-13,22H,10-11,14-20,23H2,1-6H3. The topological polar surface area (TPSA) is 91.1 Å². The molecule has 0 saturated heterocycles. The molecule has 0 fully saturated rings. The van der Waals surface area contributed by atoms with E-state index in [4.69, 9.17) is 33.5 Å². The molecule has 1 unspecified atom stereocenters. The molecular weight excluding hydrogens is 444 g/mol. The van der Waals surface area contributed by atoms with Gasteiger partial charge >= 0.3 is 8.80 Å². The highest BCUT2D eigenvalue weighted by Gasteiger charge is 2.37. The molecule has 192 valence electrons. The molecule has 1 atom stereocenters. The molecule has 33 heavy (non-hydrogen) atoms. The lowest BCUT2D eigenvalue weighted by molar-refractivity contribution is -0.346. The van der Waals surface area contributed by atoms with Crippen molar-refractivity contribution >= 4 is 14.5 Å². The van der Waals surface area contributed by atoms with Crippen LogP contribution in [0.15, 0.2) is 30.3 Å². The Labute approximate surface area is 200 Å². The lowest BCUT2D eigenvalue weighted by Gasteiger charge is -2.37. The third kappa shape index (κ3) is 10.3. The fraction of sp³-hybridized carbons (Fsp3) is 0.727. The van der Waals surface area contributed by atoms with E-state index in [0.29, 0.717) is 26.2 Å². The Bertz CT molecular complexity index is 587. The molecule has 0 saturated carbocycles. The number of nitrogens with zero attached hydrogens (tertiary/aromatic N) is 3. The maximum Gasteiger partial charge on any atom is 0.500 e. The summed E-state index contributed by atoms with van der Waals surface area (Å²) in [7, 11) is 7.16. The highest BCUT2D eigenvalue weighted by Crippen LogP contribution is 2.23. The summed E-state index contributed by atoms with van der Waals surface area (Å²) in [6.45, 7) is 3.32. The van der Waals surface area contributed by atoms with Crippen molar-refractivity contribution in [2.45, 2.75) is 31.3 Å². The van der Waals surface area contributed by atoms with Gasteiger partial charge in [0, 0.05) is 58.7 Å². The summed E-state index contributed by atoms with van der Waals surface area (Å²) in [4.78, 5) is 18.4. The van der Waals surface area contributed by atoms with Crippen LogP contribution in [0.4, 0.5) is 5.69 Å². The van der Waals surface area contributed by atoms with Crippen LogP contribution in [0.2, 0.25) is 6.04 Å². The third-order valence-electron chi connectivity index (χ3n) is 5.70. The third-order valence-corrected chi connectivity index (χ3v) is 8.53. The van der Waals surface area contributed by atoms with Gasteiger partial charge in [0.05, 0.1) is 27.9 Å². The maximum absolute atomic E-state index is 5.88. The van der Waals surface area contributed by atoms with E-state index in [0.717, 1.165) is 37.5 Å². The fourth-order valence-corrected chi connectivity index (χ4v) is 5.51. The van der Waals surface area contributed by atoms with Crippen LogP contribution in [0.5, 0.6) is 0 Å². The van der Waals surface area contributed by atoms with Crippen molar-refractivity contribution in [3.63, 3.8) is 0 Å². The van der Waals surface area contributed by atoms with E-state index >= 15 is 0 Å². The number of para-hydroxylation sites is 1. The zero-order valence-corrected chi connectivity index (χ0v) is 22.2. The average molecular weight is 489 g/mol. The van der Waals surface area contributed by atoms with Gasteiger partial charge in [0.15, 0.2) is 0 Å². The lowest BCUT2D eigenvalue weighted by Crippen LogP contribution is -2.47. The second kappa shape index (κ2) is 17.3. The number of hydroxylamine groups is 4. The van der Waals surface area contributed by atoms with E-state index in [2.05, 4.69) is 29.2 Å². The van der Waals surface area contributed by atoms with Crippen molar-refractivity contribution in [3.05, 3.63) is 30.3 Å². The van der Waals surface area contributed by atoms with Crippen molar-refractivity contribution < 1.29 is 27.8 Å². The zero-order valence-electron chi connectivity index (χ0n) is 21.2. The van der Waals surface area contributed by atoms with Crippen LogP contribution in [0.25, 0.3) is 0 Å². The molecule has 0 aromatic heterocycles. The van der Waals surface area contributed by atoms with Crippen LogP contribution in [-0.4, -0.2) is 101 Å². The normalized spacial score (nSPS) is 13.1. The summed E-state index contributed by atoms with van der Waals surface area (Å²) >= 11 is 0. The number of benzene rings is 1. The van der Waals surface area contributed by atoms with E-state index in [-0.39, 0.29) is 6.04 Å². The molecule has 1 aromatic carbocycles. The molecule has 2 N–H and O–H groups in total. The SMILES string of the molecule is CON(CCN(OC)OC)CC(CCCN)N(CCC[Si](OC)(OC)OC)c1ccccc1. The van der Waals surface area contributed by atoms with Crippen molar-refractivity contribution in [3.8, 4) is 0 Å². The highest BCUT2D eigenvalue weighted by atomic mass is 28.4. The van der Waals surface area contributed by atoms with Gasteiger partial charge in [0.25, 0.3) is 0 Å². The Morgan fingerprint density at radius 3 is 1.97 bits per heavy atom. The molecule has 0 amide bonds. The van der Waals surface area contributed by atoms with Crippen LogP contribution in [0, 0.1) is 0 Å². The minimum absolute atomic E-state index is 0.193. The van der Waals surface area contributed by atoms with Gasteiger partial charge in [0.2, 0.25) is 0 Å². The predicted octanol–water partition coefficient (Wildman–Crippen LogP) is 2.16. The second-order valence-corrected chi connectivity index (χ2v) is 10.6. The van der Waals surface area contributed by atoms with Gasteiger partial charge < -0.3 is 28.7 Å². The van der Waals surface area contributed by atoms with Crippen molar-refractivity contribution in [1.29, 1.82) is 0 Å². The Hall–Kier alpha value is -1.12. The molecule has 1 aromatic rings. The summed E-state index contributed by atoms with van der Waals surface area (Å²) in [6.07, 6.45) is 2.72. The number of hydrogen-bond acceptors (Lipinski definition) is 10. The molecule has 11 heteroatoms. The maximum atomic E-state index is 5.88. The molecule has 0 heterocycles. The smallest absolute Gasteiger partial charge is 0.377 e. The van der Waals surface area contributed by atoms with E-state index in [1.807, 2.05) is 11.1 Å². The van der Waals surface area contributed by atoms with E-state index < -0.39 is 8.80 Å². The Morgan fingerprint density at radius 1 is 0.818 bits per heavy atom. The monoisotopic (exact) mass is 488 g/mol. The lowest BCUT2D eigenvalue weighted by atomic mass is 10.1. The van der Waals surface area contributed by atoms with E-state index in [1.54, 1.807) is 42.7 Å². The molecule has 0 spiro atoms. The predicted molar refractivity (Wildman–Crippen MR) is 131 cm³/mol. The Morgan fingerprint density at radius 2 is 1.45 bits per heavy atom. The molecule has 0 aliphatic carbocycles. The largest absolute Gasteiger partial charge is 0.500 e. The minimum atomic E-state index is -2.63. The average Bonchev–Trinajstić information content (AvgIpc) is 2.87. The summed E-state index contributed by atoms with van der Waals surface area (Å²) in [5, 5.41) is 3.35. The molecule has 0 radical (unpaired) electrons. The molecule has 1 rings (SSSR count). The number of nitrogens with two attached hydrogens (primary N) is 1.